The number of nitrogens with zero attached hydrogens (tertiary/aromatic N) is 1. The van der Waals surface area contributed by atoms with E-state index in [9.17, 15) is 4.79 Å². The molecule has 0 aliphatic carbocycles. The van der Waals surface area contributed by atoms with Crippen LogP contribution in [0, 0.1) is 0 Å². The molecule has 3 rings (SSSR count). The maximum absolute atomic E-state index is 10.7. The Morgan fingerprint density at radius 3 is 3.06 bits per heavy atom. The van der Waals surface area contributed by atoms with Crippen molar-refractivity contribution in [1.82, 2.24) is 9.88 Å². The number of benzene rings is 1. The molecule has 2 heterocycles. The quantitative estimate of drug-likeness (QED) is 0.832. The van der Waals surface area contributed by atoms with Gasteiger partial charge in [0.2, 0.25) is 0 Å². The normalized spacial score (nSPS) is 18.6. The van der Waals surface area contributed by atoms with Gasteiger partial charge in [-0.2, -0.15) is 0 Å². The van der Waals surface area contributed by atoms with Crippen LogP contribution in [0.25, 0.3) is 10.9 Å². The molecule has 18 heavy (non-hydrogen) atoms. The number of hydrogen-bond acceptors (Lipinski definition) is 1. The molecule has 5 heteroatoms. The Labute approximate surface area is 109 Å². The van der Waals surface area contributed by atoms with E-state index in [1.807, 2.05) is 18.2 Å². The molecule has 2 aromatic rings. The second-order valence-corrected chi connectivity index (χ2v) is 5.07. The van der Waals surface area contributed by atoms with Gasteiger partial charge in [-0.1, -0.05) is 17.7 Å². The number of carboxylic acid groups (broad SMARTS) is 1. The number of rotatable bonds is 1. The Morgan fingerprint density at radius 2 is 2.28 bits per heavy atom. The zero-order chi connectivity index (χ0) is 12.7. The summed E-state index contributed by atoms with van der Waals surface area (Å²) in [6, 6.07) is 7.95. The standard InChI is InChI=1S/C13H13ClN2O2/c14-9-2-1-8-5-11-4-3-10(15-13(17)18)7-16(11)12(8)6-9/h1-2,5-6,10,15H,3-4,7H2,(H,17,18). The monoisotopic (exact) mass is 264 g/mol. The summed E-state index contributed by atoms with van der Waals surface area (Å²) in [5.74, 6) is 0. The maximum atomic E-state index is 10.7. The van der Waals surface area contributed by atoms with Crippen molar-refractivity contribution in [3.05, 3.63) is 35.0 Å². The molecule has 1 aromatic heterocycles. The Balaban J connectivity index is 2.00. The summed E-state index contributed by atoms with van der Waals surface area (Å²) in [6.07, 6.45) is 0.770. The molecule has 1 amide bonds. The van der Waals surface area contributed by atoms with E-state index in [1.54, 1.807) is 0 Å². The summed E-state index contributed by atoms with van der Waals surface area (Å²) in [5.41, 5.74) is 2.32. The van der Waals surface area contributed by atoms with Crippen molar-refractivity contribution in [2.24, 2.45) is 0 Å². The molecular weight excluding hydrogens is 252 g/mol. The van der Waals surface area contributed by atoms with Gasteiger partial charge in [-0.05, 0) is 36.4 Å². The number of halogens is 1. The van der Waals surface area contributed by atoms with Gasteiger partial charge in [0, 0.05) is 22.8 Å². The topological polar surface area (TPSA) is 54.3 Å². The molecule has 0 saturated carbocycles. The lowest BCUT2D eigenvalue weighted by atomic mass is 10.1. The van der Waals surface area contributed by atoms with E-state index in [1.165, 1.54) is 5.69 Å². The van der Waals surface area contributed by atoms with Crippen molar-refractivity contribution < 1.29 is 9.90 Å². The Morgan fingerprint density at radius 1 is 1.44 bits per heavy atom. The van der Waals surface area contributed by atoms with Crippen LogP contribution in [0.4, 0.5) is 4.79 Å². The number of fused-ring (bicyclic) bond motifs is 3. The predicted octanol–water partition coefficient (Wildman–Crippen LogP) is 2.88. The average Bonchev–Trinajstić information content (AvgIpc) is 2.66. The van der Waals surface area contributed by atoms with Gasteiger partial charge in [0.05, 0.1) is 6.04 Å². The fraction of sp³-hybridized carbons (Fsp3) is 0.308. The number of amides is 1. The lowest BCUT2D eigenvalue weighted by Crippen LogP contribution is -2.40. The van der Waals surface area contributed by atoms with Crippen molar-refractivity contribution in [3.8, 4) is 0 Å². The molecule has 0 bridgehead atoms. The first-order valence-corrected chi connectivity index (χ1v) is 6.28. The lowest BCUT2D eigenvalue weighted by Gasteiger charge is -2.25. The van der Waals surface area contributed by atoms with Crippen LogP contribution in [0.1, 0.15) is 12.1 Å². The fourth-order valence-corrected chi connectivity index (χ4v) is 2.80. The zero-order valence-electron chi connectivity index (χ0n) is 9.69. The molecule has 4 nitrogen and oxygen atoms in total. The van der Waals surface area contributed by atoms with Gasteiger partial charge in [0.15, 0.2) is 0 Å². The summed E-state index contributed by atoms with van der Waals surface area (Å²) < 4.78 is 2.16. The molecule has 1 aromatic carbocycles. The van der Waals surface area contributed by atoms with E-state index >= 15 is 0 Å². The average molecular weight is 265 g/mol. The molecule has 1 aliphatic heterocycles. The molecule has 0 fully saturated rings. The summed E-state index contributed by atoms with van der Waals surface area (Å²) >= 11 is 6.02. The van der Waals surface area contributed by atoms with Crippen LogP contribution in [-0.2, 0) is 13.0 Å². The first-order chi connectivity index (χ1) is 8.63. The SMILES string of the molecule is O=C(O)NC1CCc2cc3ccc(Cl)cc3n2C1. The van der Waals surface area contributed by atoms with Crippen LogP contribution in [0.3, 0.4) is 0 Å². The predicted molar refractivity (Wildman–Crippen MR) is 70.2 cm³/mol. The molecule has 0 saturated heterocycles. The summed E-state index contributed by atoms with van der Waals surface area (Å²) in [6.45, 7) is 0.672. The van der Waals surface area contributed by atoms with Gasteiger partial charge < -0.3 is 15.0 Å². The maximum Gasteiger partial charge on any atom is 0.404 e. The van der Waals surface area contributed by atoms with Gasteiger partial charge in [-0.3, -0.25) is 0 Å². The summed E-state index contributed by atoms with van der Waals surface area (Å²) in [7, 11) is 0. The molecule has 1 aliphatic rings. The van der Waals surface area contributed by atoms with Crippen LogP contribution >= 0.6 is 11.6 Å². The molecule has 0 radical (unpaired) electrons. The largest absolute Gasteiger partial charge is 0.465 e. The van der Waals surface area contributed by atoms with Crippen LogP contribution < -0.4 is 5.32 Å². The van der Waals surface area contributed by atoms with Crippen LogP contribution in [0.15, 0.2) is 24.3 Å². The highest BCUT2D eigenvalue weighted by atomic mass is 35.5. The van der Waals surface area contributed by atoms with Gasteiger partial charge in [0.1, 0.15) is 0 Å². The van der Waals surface area contributed by atoms with Crippen molar-refractivity contribution in [2.75, 3.05) is 0 Å². The number of aryl methyl sites for hydroxylation is 1. The second-order valence-electron chi connectivity index (χ2n) is 4.63. The molecule has 1 unspecified atom stereocenters. The Kier molecular flexibility index (Phi) is 2.67. The first-order valence-electron chi connectivity index (χ1n) is 5.90. The van der Waals surface area contributed by atoms with E-state index < -0.39 is 6.09 Å². The third-order valence-corrected chi connectivity index (χ3v) is 3.67. The third-order valence-electron chi connectivity index (χ3n) is 3.43. The highest BCUT2D eigenvalue weighted by Gasteiger charge is 2.21. The van der Waals surface area contributed by atoms with E-state index in [0.29, 0.717) is 11.6 Å². The third kappa shape index (κ3) is 1.93. The number of nitrogens with one attached hydrogen (secondary N) is 1. The van der Waals surface area contributed by atoms with E-state index in [4.69, 9.17) is 16.7 Å². The highest BCUT2D eigenvalue weighted by molar-refractivity contribution is 6.31. The van der Waals surface area contributed by atoms with E-state index in [0.717, 1.165) is 23.7 Å². The minimum Gasteiger partial charge on any atom is -0.465 e. The molecule has 1 atom stereocenters. The Hall–Kier alpha value is -1.68. The smallest absolute Gasteiger partial charge is 0.404 e. The van der Waals surface area contributed by atoms with Crippen molar-refractivity contribution in [2.45, 2.75) is 25.4 Å². The van der Waals surface area contributed by atoms with Gasteiger partial charge in [0.25, 0.3) is 0 Å². The van der Waals surface area contributed by atoms with Crippen LogP contribution in [-0.4, -0.2) is 21.8 Å². The molecule has 0 spiro atoms. The summed E-state index contributed by atoms with van der Waals surface area (Å²) in [5, 5.41) is 13.2. The van der Waals surface area contributed by atoms with Crippen molar-refractivity contribution in [3.63, 3.8) is 0 Å². The molecule has 94 valence electrons. The second kappa shape index (κ2) is 4.21. The van der Waals surface area contributed by atoms with E-state index in [2.05, 4.69) is 16.0 Å². The fourth-order valence-electron chi connectivity index (χ4n) is 2.63. The van der Waals surface area contributed by atoms with Gasteiger partial charge in [-0.15, -0.1) is 0 Å². The highest BCUT2D eigenvalue weighted by Crippen LogP contribution is 2.27. The van der Waals surface area contributed by atoms with Crippen molar-refractivity contribution >= 4 is 28.6 Å². The van der Waals surface area contributed by atoms with Crippen LogP contribution in [0.5, 0.6) is 0 Å². The van der Waals surface area contributed by atoms with Gasteiger partial charge >= 0.3 is 6.09 Å². The number of hydrogen-bond donors (Lipinski definition) is 2. The zero-order valence-corrected chi connectivity index (χ0v) is 10.4. The number of carbonyl (C=O) groups is 1. The van der Waals surface area contributed by atoms with Crippen molar-refractivity contribution in [1.29, 1.82) is 0 Å². The van der Waals surface area contributed by atoms with Crippen LogP contribution in [0.2, 0.25) is 5.02 Å². The minimum absolute atomic E-state index is 0.0235. The Bertz CT molecular complexity index is 621. The number of aromatic nitrogens is 1. The molecule has 2 N–H and O–H groups in total. The summed E-state index contributed by atoms with van der Waals surface area (Å²) in [4.78, 5) is 10.7. The minimum atomic E-state index is -0.960. The van der Waals surface area contributed by atoms with E-state index in [-0.39, 0.29) is 6.04 Å². The molecular formula is C13H13ClN2O2. The first kappa shape index (κ1) is 11.4. The van der Waals surface area contributed by atoms with Gasteiger partial charge in [-0.25, -0.2) is 4.79 Å². The lowest BCUT2D eigenvalue weighted by molar-refractivity contribution is 0.186.